The van der Waals surface area contributed by atoms with Crippen molar-refractivity contribution in [2.24, 2.45) is 29.6 Å². The maximum Gasteiger partial charge on any atom is 0.122 e. The maximum absolute atomic E-state index is 11.4. The second kappa shape index (κ2) is 17.0. The molecular formula is C57H80O4. The Balaban J connectivity index is 0.000000210. The molecule has 4 aromatic carbocycles. The van der Waals surface area contributed by atoms with Gasteiger partial charge >= 0.3 is 0 Å². The summed E-state index contributed by atoms with van der Waals surface area (Å²) >= 11 is 0. The van der Waals surface area contributed by atoms with Crippen molar-refractivity contribution in [2.45, 2.75) is 183 Å². The van der Waals surface area contributed by atoms with Crippen molar-refractivity contribution in [2.75, 3.05) is 0 Å². The third-order valence-electron chi connectivity index (χ3n) is 14.9. The molecule has 4 nitrogen and oxygen atoms in total. The van der Waals surface area contributed by atoms with Crippen LogP contribution < -0.4 is 0 Å². The summed E-state index contributed by atoms with van der Waals surface area (Å²) in [6, 6.07) is 17.1. The first-order valence-corrected chi connectivity index (χ1v) is 23.6. The number of hydrogen-bond acceptors (Lipinski definition) is 4. The Morgan fingerprint density at radius 3 is 1.52 bits per heavy atom. The summed E-state index contributed by atoms with van der Waals surface area (Å²) in [5.74, 6) is 6.29. The van der Waals surface area contributed by atoms with Crippen molar-refractivity contribution in [3.63, 3.8) is 0 Å². The SMILES string of the molecule is CCC(c1cc(C(C)(C)C)c(O)cc1C)c1cc(C(C)(C)C)c(O)cc1C.Cc1cc(CC(C)C)c(O)c(C2CC3CC2C2C(c4cc(C)cc(C(C)(C)C)c4O)CCC32)c1. The normalized spacial score (nSPS) is 22.5. The molecule has 3 fully saturated rings. The Kier molecular flexibility index (Phi) is 13.0. The van der Waals surface area contributed by atoms with Crippen LogP contribution in [0.3, 0.4) is 0 Å². The van der Waals surface area contributed by atoms with E-state index in [4.69, 9.17) is 0 Å². The summed E-state index contributed by atoms with van der Waals surface area (Å²) in [6.07, 6.45) is 6.90. The van der Waals surface area contributed by atoms with E-state index in [1.54, 1.807) is 0 Å². The number of fused-ring (bicyclic) bond motifs is 5. The van der Waals surface area contributed by atoms with Crippen LogP contribution in [0, 0.1) is 57.3 Å². The zero-order valence-electron chi connectivity index (χ0n) is 40.8. The van der Waals surface area contributed by atoms with Crippen LogP contribution in [0.25, 0.3) is 0 Å². The van der Waals surface area contributed by atoms with E-state index in [9.17, 15) is 20.4 Å². The van der Waals surface area contributed by atoms with Gasteiger partial charge in [-0.2, -0.15) is 0 Å². The molecule has 4 aromatic rings. The minimum absolute atomic E-state index is 0.0692. The molecule has 7 rings (SSSR count). The highest BCUT2D eigenvalue weighted by Gasteiger charge is 2.58. The third-order valence-corrected chi connectivity index (χ3v) is 14.9. The minimum atomic E-state index is -0.120. The van der Waals surface area contributed by atoms with E-state index in [-0.39, 0.29) is 22.2 Å². The fourth-order valence-electron chi connectivity index (χ4n) is 12.2. The van der Waals surface area contributed by atoms with Crippen LogP contribution in [-0.4, -0.2) is 20.4 Å². The molecule has 0 spiro atoms. The molecule has 4 N–H and O–H groups in total. The van der Waals surface area contributed by atoms with Gasteiger partial charge in [0.1, 0.15) is 23.0 Å². The highest BCUT2D eigenvalue weighted by molar-refractivity contribution is 5.54. The number of benzene rings is 4. The highest BCUT2D eigenvalue weighted by Crippen LogP contribution is 2.68. The standard InChI is InChI=1S/C32H44O2.C25H36O2/c1-17(2)10-21-11-18(3)12-27(30(21)33)24-15-20-16-25(24)29-22(20)8-9-23(29)26-13-19(4)14-28(31(26)34)32(5,6)7;1-10-17(18-13-20(24(4,5)6)22(26)11-15(18)2)19-14-21(25(7,8)9)23(27)12-16(19)3/h11-14,17,20,22-25,29,33-34H,8-10,15-16H2,1-7H3;11-14,17,26-27H,10H2,1-9H3. The van der Waals surface area contributed by atoms with Gasteiger partial charge in [-0.1, -0.05) is 131 Å². The molecule has 6 unspecified atom stereocenters. The lowest BCUT2D eigenvalue weighted by atomic mass is 9.68. The summed E-state index contributed by atoms with van der Waals surface area (Å²) in [4.78, 5) is 0. The van der Waals surface area contributed by atoms with E-state index >= 15 is 0 Å². The van der Waals surface area contributed by atoms with E-state index < -0.39 is 0 Å². The molecule has 3 aliphatic rings. The number of rotatable bonds is 7. The number of phenols is 4. The molecule has 0 saturated heterocycles. The zero-order valence-corrected chi connectivity index (χ0v) is 40.8. The van der Waals surface area contributed by atoms with E-state index in [2.05, 4.69) is 147 Å². The van der Waals surface area contributed by atoms with E-state index in [0.717, 1.165) is 58.1 Å². The topological polar surface area (TPSA) is 80.9 Å². The summed E-state index contributed by atoms with van der Waals surface area (Å²) < 4.78 is 0. The highest BCUT2D eigenvalue weighted by atomic mass is 16.3. The first kappa shape index (κ1) is 46.6. The molecule has 3 aliphatic carbocycles. The smallest absolute Gasteiger partial charge is 0.122 e. The quantitative estimate of drug-likeness (QED) is 0.150. The van der Waals surface area contributed by atoms with Gasteiger partial charge in [-0.3, -0.25) is 0 Å². The van der Waals surface area contributed by atoms with Gasteiger partial charge in [-0.25, -0.2) is 0 Å². The van der Waals surface area contributed by atoms with Crippen molar-refractivity contribution in [3.8, 4) is 23.0 Å². The largest absolute Gasteiger partial charge is 0.508 e. The van der Waals surface area contributed by atoms with Crippen LogP contribution in [0.4, 0.5) is 0 Å². The predicted octanol–water partition coefficient (Wildman–Crippen LogP) is 15.0. The zero-order chi connectivity index (χ0) is 45.3. The molecule has 0 radical (unpaired) electrons. The third kappa shape index (κ3) is 9.26. The molecule has 6 atom stereocenters. The molecule has 3 saturated carbocycles. The summed E-state index contributed by atoms with van der Waals surface area (Å²) in [5, 5.41) is 43.8. The lowest BCUT2D eigenvalue weighted by Crippen LogP contribution is -2.27. The Hall–Kier alpha value is -3.92. The fourth-order valence-corrected chi connectivity index (χ4v) is 12.2. The van der Waals surface area contributed by atoms with Crippen LogP contribution in [0.1, 0.15) is 200 Å². The summed E-state index contributed by atoms with van der Waals surface area (Å²) in [5.41, 5.74) is 13.5. The van der Waals surface area contributed by atoms with Gasteiger partial charge in [0, 0.05) is 5.92 Å². The minimum Gasteiger partial charge on any atom is -0.508 e. The molecule has 0 heterocycles. The molecular weight excluding hydrogens is 749 g/mol. The van der Waals surface area contributed by atoms with Crippen molar-refractivity contribution < 1.29 is 20.4 Å². The molecule has 0 aliphatic heterocycles. The van der Waals surface area contributed by atoms with Crippen LogP contribution in [0.2, 0.25) is 0 Å². The average molecular weight is 829 g/mol. The molecule has 61 heavy (non-hydrogen) atoms. The molecule has 2 bridgehead atoms. The van der Waals surface area contributed by atoms with Crippen LogP contribution in [0.15, 0.2) is 48.5 Å². The van der Waals surface area contributed by atoms with Crippen molar-refractivity contribution in [1.82, 2.24) is 0 Å². The van der Waals surface area contributed by atoms with Crippen LogP contribution in [0.5, 0.6) is 23.0 Å². The summed E-state index contributed by atoms with van der Waals surface area (Å²) in [7, 11) is 0. The van der Waals surface area contributed by atoms with Crippen molar-refractivity contribution in [1.29, 1.82) is 0 Å². The molecule has 332 valence electrons. The van der Waals surface area contributed by atoms with Gasteiger partial charge in [0.25, 0.3) is 0 Å². The first-order chi connectivity index (χ1) is 28.2. The van der Waals surface area contributed by atoms with Gasteiger partial charge in [0.15, 0.2) is 0 Å². The van der Waals surface area contributed by atoms with Gasteiger partial charge in [0.05, 0.1) is 0 Å². The molecule has 4 heteroatoms. The van der Waals surface area contributed by atoms with E-state index in [0.29, 0.717) is 52.6 Å². The Morgan fingerprint density at radius 2 is 1.05 bits per heavy atom. The summed E-state index contributed by atoms with van der Waals surface area (Å²) in [6.45, 7) is 34.6. The van der Waals surface area contributed by atoms with Crippen molar-refractivity contribution >= 4 is 0 Å². The predicted molar refractivity (Wildman–Crippen MR) is 256 cm³/mol. The van der Waals surface area contributed by atoms with Crippen LogP contribution >= 0.6 is 0 Å². The Bertz CT molecular complexity index is 2170. The number of phenolic OH excluding ortho intramolecular Hbond substituents is 4. The molecule has 0 aromatic heterocycles. The lowest BCUT2D eigenvalue weighted by Gasteiger charge is -2.36. The number of aryl methyl sites for hydroxylation is 4. The first-order valence-electron chi connectivity index (χ1n) is 23.6. The lowest BCUT2D eigenvalue weighted by molar-refractivity contribution is 0.213. The van der Waals surface area contributed by atoms with Crippen molar-refractivity contribution in [3.05, 3.63) is 115 Å². The van der Waals surface area contributed by atoms with Crippen LogP contribution in [-0.2, 0) is 22.7 Å². The number of aromatic hydroxyl groups is 4. The monoisotopic (exact) mass is 829 g/mol. The Morgan fingerprint density at radius 1 is 0.557 bits per heavy atom. The van der Waals surface area contributed by atoms with E-state index in [1.807, 2.05) is 12.1 Å². The van der Waals surface area contributed by atoms with Gasteiger partial charge < -0.3 is 20.4 Å². The molecule has 0 amide bonds. The maximum atomic E-state index is 11.4. The number of hydrogen-bond donors (Lipinski definition) is 4. The average Bonchev–Trinajstić information content (AvgIpc) is 3.85. The van der Waals surface area contributed by atoms with Gasteiger partial charge in [-0.15, -0.1) is 0 Å². The van der Waals surface area contributed by atoms with E-state index in [1.165, 1.54) is 59.1 Å². The Labute approximate surface area is 370 Å². The van der Waals surface area contributed by atoms with Gasteiger partial charge in [0.2, 0.25) is 0 Å². The second-order valence-corrected chi connectivity index (χ2v) is 23.3. The second-order valence-electron chi connectivity index (χ2n) is 23.3. The fraction of sp³-hybridized carbons (Fsp3) is 0.579. The van der Waals surface area contributed by atoms with Gasteiger partial charge in [-0.05, 0) is 192 Å².